The van der Waals surface area contributed by atoms with Crippen LogP contribution in [0.2, 0.25) is 0 Å². The first-order valence-electron chi connectivity index (χ1n) is 5.84. The van der Waals surface area contributed by atoms with Crippen LogP contribution in [0.5, 0.6) is 5.75 Å². The normalized spacial score (nSPS) is 10.5. The van der Waals surface area contributed by atoms with Gasteiger partial charge < -0.3 is 19.9 Å². The van der Waals surface area contributed by atoms with Gasteiger partial charge in [0.1, 0.15) is 12.4 Å². The lowest BCUT2D eigenvalue weighted by molar-refractivity contribution is 0.0701. The lowest BCUT2D eigenvalue weighted by Crippen LogP contribution is -2.12. The van der Waals surface area contributed by atoms with Crippen LogP contribution in [-0.2, 0) is 11.3 Å². The van der Waals surface area contributed by atoms with Gasteiger partial charge >= 0.3 is 0 Å². The Morgan fingerprint density at radius 1 is 1.24 bits per heavy atom. The van der Waals surface area contributed by atoms with Gasteiger partial charge in [0.25, 0.3) is 0 Å². The summed E-state index contributed by atoms with van der Waals surface area (Å²) in [5, 5.41) is 11.7. The fraction of sp³-hybridized carbons (Fsp3) is 0.538. The van der Waals surface area contributed by atoms with Gasteiger partial charge in [-0.2, -0.15) is 0 Å². The fourth-order valence-electron chi connectivity index (χ4n) is 1.62. The SMILES string of the molecule is CNCc1cccc(C)c1OCCOCCO. The van der Waals surface area contributed by atoms with E-state index in [4.69, 9.17) is 14.6 Å². The summed E-state index contributed by atoms with van der Waals surface area (Å²) in [7, 11) is 1.91. The minimum absolute atomic E-state index is 0.0510. The van der Waals surface area contributed by atoms with E-state index in [9.17, 15) is 0 Å². The van der Waals surface area contributed by atoms with E-state index in [1.54, 1.807) is 0 Å². The Morgan fingerprint density at radius 2 is 2.06 bits per heavy atom. The Kier molecular flexibility index (Phi) is 6.62. The quantitative estimate of drug-likeness (QED) is 0.667. The molecule has 96 valence electrons. The maximum atomic E-state index is 8.57. The van der Waals surface area contributed by atoms with Crippen LogP contribution in [0, 0.1) is 6.92 Å². The third kappa shape index (κ3) is 4.73. The van der Waals surface area contributed by atoms with Crippen molar-refractivity contribution in [1.82, 2.24) is 5.32 Å². The van der Waals surface area contributed by atoms with Crippen LogP contribution in [0.15, 0.2) is 18.2 Å². The summed E-state index contributed by atoms with van der Waals surface area (Å²) < 4.78 is 10.9. The molecule has 1 aromatic rings. The molecule has 0 amide bonds. The van der Waals surface area contributed by atoms with Gasteiger partial charge in [-0.1, -0.05) is 18.2 Å². The molecule has 0 radical (unpaired) electrons. The lowest BCUT2D eigenvalue weighted by Gasteiger charge is -2.14. The lowest BCUT2D eigenvalue weighted by atomic mass is 10.1. The first-order valence-corrected chi connectivity index (χ1v) is 5.84. The molecule has 0 bridgehead atoms. The van der Waals surface area contributed by atoms with E-state index >= 15 is 0 Å². The minimum Gasteiger partial charge on any atom is -0.491 e. The van der Waals surface area contributed by atoms with Gasteiger partial charge in [0.15, 0.2) is 0 Å². The molecule has 1 aromatic carbocycles. The zero-order valence-corrected chi connectivity index (χ0v) is 10.5. The first kappa shape index (κ1) is 14.0. The second kappa shape index (κ2) is 8.06. The molecule has 0 heterocycles. The number of ether oxygens (including phenoxy) is 2. The average molecular weight is 239 g/mol. The van der Waals surface area contributed by atoms with Crippen molar-refractivity contribution in [1.29, 1.82) is 0 Å². The molecule has 1 rings (SSSR count). The number of nitrogens with one attached hydrogen (secondary N) is 1. The fourth-order valence-corrected chi connectivity index (χ4v) is 1.62. The van der Waals surface area contributed by atoms with Gasteiger partial charge in [-0.3, -0.25) is 0 Å². The van der Waals surface area contributed by atoms with E-state index in [-0.39, 0.29) is 6.61 Å². The van der Waals surface area contributed by atoms with Crippen molar-refractivity contribution < 1.29 is 14.6 Å². The number of aryl methyl sites for hydroxylation is 1. The van der Waals surface area contributed by atoms with E-state index in [2.05, 4.69) is 5.32 Å². The molecule has 0 saturated carbocycles. The topological polar surface area (TPSA) is 50.7 Å². The molecule has 0 atom stereocenters. The summed E-state index contributed by atoms with van der Waals surface area (Å²) in [6.07, 6.45) is 0. The maximum absolute atomic E-state index is 8.57. The molecule has 0 aliphatic rings. The molecule has 2 N–H and O–H groups in total. The molecule has 0 saturated heterocycles. The highest BCUT2D eigenvalue weighted by atomic mass is 16.5. The average Bonchev–Trinajstić information content (AvgIpc) is 2.32. The second-order valence-corrected chi connectivity index (χ2v) is 3.78. The molecule has 4 heteroatoms. The van der Waals surface area contributed by atoms with Crippen LogP contribution in [0.25, 0.3) is 0 Å². The predicted octanol–water partition coefficient (Wildman–Crippen LogP) is 1.10. The highest BCUT2D eigenvalue weighted by molar-refractivity contribution is 5.40. The molecule has 0 unspecified atom stereocenters. The van der Waals surface area contributed by atoms with E-state index in [1.165, 1.54) is 0 Å². The van der Waals surface area contributed by atoms with Crippen molar-refractivity contribution in [2.45, 2.75) is 13.5 Å². The molecule has 0 aliphatic carbocycles. The summed E-state index contributed by atoms with van der Waals surface area (Å²) in [5.74, 6) is 0.925. The van der Waals surface area contributed by atoms with Crippen LogP contribution in [0.3, 0.4) is 0 Å². The Labute approximate surface area is 103 Å². The summed E-state index contributed by atoms with van der Waals surface area (Å²) >= 11 is 0. The van der Waals surface area contributed by atoms with E-state index in [0.29, 0.717) is 19.8 Å². The van der Waals surface area contributed by atoms with Crippen LogP contribution >= 0.6 is 0 Å². The number of benzene rings is 1. The number of hydrogen-bond donors (Lipinski definition) is 2. The van der Waals surface area contributed by atoms with Crippen molar-refractivity contribution in [2.75, 3.05) is 33.5 Å². The van der Waals surface area contributed by atoms with Gasteiger partial charge in [0, 0.05) is 12.1 Å². The van der Waals surface area contributed by atoms with Gasteiger partial charge in [-0.05, 0) is 19.5 Å². The smallest absolute Gasteiger partial charge is 0.126 e. The molecule has 4 nitrogen and oxygen atoms in total. The van der Waals surface area contributed by atoms with Gasteiger partial charge in [0.05, 0.1) is 19.8 Å². The van der Waals surface area contributed by atoms with E-state index in [1.807, 2.05) is 32.2 Å². The predicted molar refractivity (Wildman–Crippen MR) is 67.3 cm³/mol. The van der Waals surface area contributed by atoms with Gasteiger partial charge in [-0.25, -0.2) is 0 Å². The number of rotatable bonds is 8. The third-order valence-corrected chi connectivity index (χ3v) is 2.37. The highest BCUT2D eigenvalue weighted by Gasteiger charge is 2.05. The van der Waals surface area contributed by atoms with Crippen LogP contribution in [0.4, 0.5) is 0 Å². The Hall–Kier alpha value is -1.10. The molecule has 17 heavy (non-hydrogen) atoms. The zero-order chi connectivity index (χ0) is 12.5. The van der Waals surface area contributed by atoms with Gasteiger partial charge in [-0.15, -0.1) is 0 Å². The molecule has 0 aliphatic heterocycles. The molecule has 0 spiro atoms. The Bertz CT molecular complexity index is 328. The monoisotopic (exact) mass is 239 g/mol. The third-order valence-electron chi connectivity index (χ3n) is 2.37. The first-order chi connectivity index (χ1) is 8.29. The van der Waals surface area contributed by atoms with Crippen LogP contribution < -0.4 is 10.1 Å². The summed E-state index contributed by atoms with van der Waals surface area (Å²) in [6, 6.07) is 6.10. The largest absolute Gasteiger partial charge is 0.491 e. The number of hydrogen-bond acceptors (Lipinski definition) is 4. The van der Waals surface area contributed by atoms with Crippen LogP contribution in [0.1, 0.15) is 11.1 Å². The Balaban J connectivity index is 2.50. The van der Waals surface area contributed by atoms with E-state index < -0.39 is 0 Å². The summed E-state index contributed by atoms with van der Waals surface area (Å²) in [4.78, 5) is 0. The number of aliphatic hydroxyl groups excluding tert-OH is 1. The number of para-hydroxylation sites is 1. The van der Waals surface area contributed by atoms with E-state index in [0.717, 1.165) is 23.4 Å². The van der Waals surface area contributed by atoms with Crippen molar-refractivity contribution in [3.63, 3.8) is 0 Å². The number of aliphatic hydroxyl groups is 1. The standard InChI is InChI=1S/C13H21NO3/c1-11-4-3-5-12(10-14-2)13(11)17-9-8-16-7-6-15/h3-5,14-15H,6-10H2,1-2H3. The summed E-state index contributed by atoms with van der Waals surface area (Å²) in [5.41, 5.74) is 2.27. The van der Waals surface area contributed by atoms with Crippen molar-refractivity contribution in [3.05, 3.63) is 29.3 Å². The van der Waals surface area contributed by atoms with Crippen molar-refractivity contribution in [3.8, 4) is 5.75 Å². The second-order valence-electron chi connectivity index (χ2n) is 3.78. The van der Waals surface area contributed by atoms with Crippen molar-refractivity contribution >= 4 is 0 Å². The minimum atomic E-state index is 0.0510. The highest BCUT2D eigenvalue weighted by Crippen LogP contribution is 2.23. The summed E-state index contributed by atoms with van der Waals surface area (Å²) in [6.45, 7) is 4.23. The van der Waals surface area contributed by atoms with Gasteiger partial charge in [0.2, 0.25) is 0 Å². The maximum Gasteiger partial charge on any atom is 0.126 e. The molecular formula is C13H21NO3. The molecule has 0 fully saturated rings. The Morgan fingerprint density at radius 3 is 2.76 bits per heavy atom. The molecular weight excluding hydrogens is 218 g/mol. The van der Waals surface area contributed by atoms with Crippen LogP contribution in [-0.4, -0.2) is 38.6 Å². The zero-order valence-electron chi connectivity index (χ0n) is 10.5. The van der Waals surface area contributed by atoms with Crippen molar-refractivity contribution in [2.24, 2.45) is 0 Å². The molecule has 0 aromatic heterocycles.